The molecule has 31 heavy (non-hydrogen) atoms. The number of allylic oxidation sites excluding steroid dienone is 2. The maximum absolute atomic E-state index is 11.3. The van der Waals surface area contributed by atoms with E-state index in [-0.39, 0.29) is 5.95 Å². The third-order valence-electron chi connectivity index (χ3n) is 5.69. The molecule has 0 radical (unpaired) electrons. The van der Waals surface area contributed by atoms with Gasteiger partial charge in [-0.3, -0.25) is 0 Å². The summed E-state index contributed by atoms with van der Waals surface area (Å²) in [5.74, 6) is 1.69. The van der Waals surface area contributed by atoms with Crippen LogP contribution in [0.15, 0.2) is 36.3 Å². The summed E-state index contributed by atoms with van der Waals surface area (Å²) in [6, 6.07) is 0. The van der Waals surface area contributed by atoms with Crippen molar-refractivity contribution in [3.63, 3.8) is 0 Å². The molecule has 4 heterocycles. The predicted octanol–water partition coefficient (Wildman–Crippen LogP) is 0.539. The molecule has 0 spiro atoms. The highest BCUT2D eigenvalue weighted by atomic mass is 32.2. The van der Waals surface area contributed by atoms with E-state index in [1.807, 2.05) is 12.2 Å². The summed E-state index contributed by atoms with van der Waals surface area (Å²) in [7, 11) is -2.47. The number of aromatic nitrogens is 4. The van der Waals surface area contributed by atoms with E-state index in [0.29, 0.717) is 25.6 Å². The Bertz CT molecular complexity index is 1120. The highest BCUT2D eigenvalue weighted by molar-refractivity contribution is 7.73. The number of ether oxygens (including phenoxy) is 1. The monoisotopic (exact) mass is 441 g/mol. The first-order chi connectivity index (χ1) is 15.1. The molecule has 2 aliphatic heterocycles. The van der Waals surface area contributed by atoms with Gasteiger partial charge in [-0.15, -0.1) is 0 Å². The van der Waals surface area contributed by atoms with Gasteiger partial charge in [-0.1, -0.05) is 12.2 Å². The second-order valence-corrected chi connectivity index (χ2v) is 8.82. The molecule has 11 heteroatoms. The van der Waals surface area contributed by atoms with Crippen LogP contribution in [-0.2, 0) is 21.9 Å². The van der Waals surface area contributed by atoms with Crippen LogP contribution in [0.25, 0.3) is 11.3 Å². The van der Waals surface area contributed by atoms with Crippen LogP contribution >= 0.6 is 0 Å². The Hall–Kier alpha value is -3.05. The van der Waals surface area contributed by atoms with Crippen LogP contribution in [0.5, 0.6) is 0 Å². The SMILES string of the molecule is Nc1ncc(-c2nc(N3CCOCC3)nc3c2CCN3C2=CCC([SH](=O)=O)C=C2)cn1. The quantitative estimate of drug-likeness (QED) is 0.649. The number of hydrogen-bond donors (Lipinski definition) is 2. The van der Waals surface area contributed by atoms with E-state index in [2.05, 4.69) is 19.8 Å². The number of nitrogens with two attached hydrogens (primary N) is 1. The Morgan fingerprint density at radius 2 is 1.87 bits per heavy atom. The first-order valence-corrected chi connectivity index (χ1v) is 11.5. The third kappa shape index (κ3) is 3.86. The summed E-state index contributed by atoms with van der Waals surface area (Å²) >= 11 is 0. The van der Waals surface area contributed by atoms with Gasteiger partial charge in [0.1, 0.15) is 16.5 Å². The van der Waals surface area contributed by atoms with Gasteiger partial charge in [0.25, 0.3) is 0 Å². The maximum Gasteiger partial charge on any atom is 0.228 e. The van der Waals surface area contributed by atoms with E-state index in [0.717, 1.165) is 54.4 Å². The number of morpholine rings is 1. The molecular weight excluding hydrogens is 418 g/mol. The Kier molecular flexibility index (Phi) is 5.28. The molecule has 2 aromatic rings. The molecule has 1 fully saturated rings. The normalized spacial score (nSPS) is 20.8. The van der Waals surface area contributed by atoms with E-state index in [4.69, 9.17) is 20.4 Å². The Morgan fingerprint density at radius 1 is 1.10 bits per heavy atom. The number of nitrogen functional groups attached to an aromatic ring is 1. The fourth-order valence-corrected chi connectivity index (χ4v) is 4.56. The highest BCUT2D eigenvalue weighted by Crippen LogP contribution is 2.38. The highest BCUT2D eigenvalue weighted by Gasteiger charge is 2.30. The minimum Gasteiger partial charge on any atom is -0.378 e. The third-order valence-corrected chi connectivity index (χ3v) is 6.62. The lowest BCUT2D eigenvalue weighted by molar-refractivity contribution is 0.122. The molecule has 1 atom stereocenters. The average Bonchev–Trinajstić information content (AvgIpc) is 3.24. The zero-order valence-electron chi connectivity index (χ0n) is 16.8. The van der Waals surface area contributed by atoms with E-state index in [9.17, 15) is 8.42 Å². The van der Waals surface area contributed by atoms with Crippen molar-refractivity contribution in [1.29, 1.82) is 0 Å². The summed E-state index contributed by atoms with van der Waals surface area (Å²) in [6.45, 7) is 3.44. The maximum atomic E-state index is 11.3. The van der Waals surface area contributed by atoms with Crippen molar-refractivity contribution < 1.29 is 13.2 Å². The van der Waals surface area contributed by atoms with Crippen LogP contribution in [0.3, 0.4) is 0 Å². The lowest BCUT2D eigenvalue weighted by atomic mass is 10.1. The van der Waals surface area contributed by atoms with Crippen molar-refractivity contribution in [1.82, 2.24) is 19.9 Å². The Morgan fingerprint density at radius 3 is 2.55 bits per heavy atom. The minimum atomic E-state index is -2.47. The molecule has 10 nitrogen and oxygen atoms in total. The molecule has 0 amide bonds. The minimum absolute atomic E-state index is 0.216. The fourth-order valence-electron chi connectivity index (χ4n) is 4.05. The van der Waals surface area contributed by atoms with Gasteiger partial charge in [-0.2, -0.15) is 4.98 Å². The molecule has 1 unspecified atom stereocenters. The lowest BCUT2D eigenvalue weighted by Gasteiger charge is -2.29. The smallest absolute Gasteiger partial charge is 0.228 e. The van der Waals surface area contributed by atoms with Gasteiger partial charge in [0.2, 0.25) is 11.9 Å². The molecule has 1 saturated heterocycles. The first kappa shape index (κ1) is 19.9. The molecule has 0 bridgehead atoms. The van der Waals surface area contributed by atoms with Crippen molar-refractivity contribution >= 4 is 28.4 Å². The summed E-state index contributed by atoms with van der Waals surface area (Å²) in [5.41, 5.74) is 9.25. The lowest BCUT2D eigenvalue weighted by Crippen LogP contribution is -2.37. The van der Waals surface area contributed by atoms with Gasteiger partial charge in [0, 0.05) is 48.9 Å². The molecule has 162 valence electrons. The van der Waals surface area contributed by atoms with Crippen molar-refractivity contribution in [2.75, 3.05) is 48.4 Å². The van der Waals surface area contributed by atoms with E-state index in [1.54, 1.807) is 18.5 Å². The topological polar surface area (TPSA) is 127 Å². The van der Waals surface area contributed by atoms with Crippen LogP contribution < -0.4 is 15.5 Å². The van der Waals surface area contributed by atoms with Crippen molar-refractivity contribution in [2.45, 2.75) is 18.1 Å². The molecule has 2 aromatic heterocycles. The van der Waals surface area contributed by atoms with Crippen molar-refractivity contribution in [3.8, 4) is 11.3 Å². The largest absolute Gasteiger partial charge is 0.378 e. The van der Waals surface area contributed by atoms with Crippen LogP contribution in [0, 0.1) is 0 Å². The van der Waals surface area contributed by atoms with Crippen LogP contribution in [0.1, 0.15) is 12.0 Å². The molecule has 2 N–H and O–H groups in total. The number of anilines is 3. The van der Waals surface area contributed by atoms with Crippen LogP contribution in [-0.4, -0.2) is 66.5 Å². The molecule has 5 rings (SSSR count). The second kappa shape index (κ2) is 8.23. The summed E-state index contributed by atoms with van der Waals surface area (Å²) in [6.07, 6.45) is 10.2. The predicted molar refractivity (Wildman–Crippen MR) is 117 cm³/mol. The van der Waals surface area contributed by atoms with E-state index < -0.39 is 16.0 Å². The summed E-state index contributed by atoms with van der Waals surface area (Å²) in [5, 5.41) is -0.447. The van der Waals surface area contributed by atoms with E-state index >= 15 is 0 Å². The molecule has 0 aromatic carbocycles. The van der Waals surface area contributed by atoms with Gasteiger partial charge in [0.05, 0.1) is 24.2 Å². The Labute approximate surface area is 181 Å². The van der Waals surface area contributed by atoms with Gasteiger partial charge >= 0.3 is 0 Å². The summed E-state index contributed by atoms with van der Waals surface area (Å²) in [4.78, 5) is 22.3. The molecule has 1 aliphatic carbocycles. The first-order valence-electron chi connectivity index (χ1n) is 10.2. The van der Waals surface area contributed by atoms with E-state index in [1.165, 1.54) is 0 Å². The standard InChI is InChI=1S/C20H23N7O3S/c21-19-22-11-13(12-23-19)17-16-5-6-27(14-1-3-15(4-2-14)31(28)29)18(16)25-20(24-17)26-7-9-30-10-8-26/h1-3,11-12,15,31H,4-10H2,(H2,21,22,23). The zero-order chi connectivity index (χ0) is 21.4. The summed E-state index contributed by atoms with van der Waals surface area (Å²) < 4.78 is 28.1. The Balaban J connectivity index is 1.57. The number of thiol groups is 1. The van der Waals surface area contributed by atoms with Gasteiger partial charge < -0.3 is 20.3 Å². The number of rotatable bonds is 4. The zero-order valence-corrected chi connectivity index (χ0v) is 17.7. The average molecular weight is 442 g/mol. The van der Waals surface area contributed by atoms with Crippen molar-refractivity contribution in [3.05, 3.63) is 41.9 Å². The second-order valence-electron chi connectivity index (χ2n) is 7.58. The molecule has 0 saturated carbocycles. The van der Waals surface area contributed by atoms with Crippen LogP contribution in [0.4, 0.5) is 17.7 Å². The van der Waals surface area contributed by atoms with Crippen LogP contribution in [0.2, 0.25) is 0 Å². The number of hydrogen-bond acceptors (Lipinski definition) is 10. The number of fused-ring (bicyclic) bond motifs is 1. The number of nitrogens with zero attached hydrogens (tertiary/aromatic N) is 6. The van der Waals surface area contributed by atoms with Gasteiger partial charge in [0.15, 0.2) is 0 Å². The fraction of sp³-hybridized carbons (Fsp3) is 0.400. The van der Waals surface area contributed by atoms with Gasteiger partial charge in [-0.25, -0.2) is 23.4 Å². The molecule has 3 aliphatic rings. The molecular formula is C20H23N7O3S. The van der Waals surface area contributed by atoms with Gasteiger partial charge in [-0.05, 0) is 18.9 Å². The van der Waals surface area contributed by atoms with Crippen molar-refractivity contribution in [2.24, 2.45) is 0 Å².